The van der Waals surface area contributed by atoms with E-state index in [1.807, 2.05) is 18.3 Å². The molecule has 0 fully saturated rings. The van der Waals surface area contributed by atoms with Crippen LogP contribution in [0.5, 0.6) is 0 Å². The molecule has 0 spiro atoms. The van der Waals surface area contributed by atoms with E-state index >= 15 is 0 Å². The molecule has 1 aromatic heterocycles. The first-order valence-electron chi connectivity index (χ1n) is 6.64. The third-order valence-corrected chi connectivity index (χ3v) is 2.94. The van der Waals surface area contributed by atoms with Crippen LogP contribution in [0.3, 0.4) is 0 Å². The molecule has 1 N–H and O–H groups in total. The molecule has 0 unspecified atom stereocenters. The van der Waals surface area contributed by atoms with E-state index in [4.69, 9.17) is 0 Å². The number of rotatable bonds is 6. The van der Waals surface area contributed by atoms with Crippen molar-refractivity contribution in [2.45, 2.75) is 26.8 Å². The molecule has 0 aliphatic rings. The quantitative estimate of drug-likeness (QED) is 0.864. The van der Waals surface area contributed by atoms with Crippen LogP contribution in [0.4, 0.5) is 10.3 Å². The molecule has 19 heavy (non-hydrogen) atoms. The largest absolute Gasteiger partial charge is 0.355 e. The zero-order chi connectivity index (χ0) is 13.7. The molecule has 0 aliphatic heterocycles. The summed E-state index contributed by atoms with van der Waals surface area (Å²) in [7, 11) is 0. The summed E-state index contributed by atoms with van der Waals surface area (Å²) in [6, 6.07) is 6.66. The van der Waals surface area contributed by atoms with Crippen molar-refractivity contribution < 1.29 is 4.39 Å². The van der Waals surface area contributed by atoms with E-state index in [2.05, 4.69) is 28.7 Å². The molecule has 2 rings (SSSR count). The summed E-state index contributed by atoms with van der Waals surface area (Å²) in [5, 5.41) is 3.33. The fraction of sp³-hybridized carbons (Fsp3) is 0.400. The van der Waals surface area contributed by atoms with Gasteiger partial charge in [0.25, 0.3) is 0 Å². The third kappa shape index (κ3) is 4.09. The van der Waals surface area contributed by atoms with Gasteiger partial charge in [-0.25, -0.2) is 9.37 Å². The number of hydrogen-bond donors (Lipinski definition) is 1. The van der Waals surface area contributed by atoms with Crippen LogP contribution < -0.4 is 5.32 Å². The average Bonchev–Trinajstić information content (AvgIpc) is 2.83. The Hall–Kier alpha value is -1.84. The van der Waals surface area contributed by atoms with Gasteiger partial charge in [-0.1, -0.05) is 26.0 Å². The summed E-state index contributed by atoms with van der Waals surface area (Å²) in [4.78, 5) is 4.31. The van der Waals surface area contributed by atoms with Crippen LogP contribution in [0.25, 0.3) is 0 Å². The second-order valence-corrected chi connectivity index (χ2v) is 5.10. The van der Waals surface area contributed by atoms with E-state index in [9.17, 15) is 4.39 Å². The summed E-state index contributed by atoms with van der Waals surface area (Å²) in [5.74, 6) is 1.30. The van der Waals surface area contributed by atoms with E-state index in [1.54, 1.807) is 6.20 Å². The van der Waals surface area contributed by atoms with Gasteiger partial charge < -0.3 is 9.88 Å². The van der Waals surface area contributed by atoms with Crippen LogP contribution in [0.1, 0.15) is 19.4 Å². The first-order chi connectivity index (χ1) is 9.15. The van der Waals surface area contributed by atoms with E-state index in [0.717, 1.165) is 31.0 Å². The molecule has 0 atom stereocenters. The van der Waals surface area contributed by atoms with Gasteiger partial charge in [0.05, 0.1) is 0 Å². The standard InChI is InChI=1S/C15H20FN3/c1-12(2)11-18-15-17-8-10-19(15)9-7-13-3-5-14(16)6-4-13/h3-6,8,10,12H,7,9,11H2,1-2H3,(H,17,18). The highest BCUT2D eigenvalue weighted by atomic mass is 19.1. The number of halogens is 1. The van der Waals surface area contributed by atoms with Gasteiger partial charge in [0.1, 0.15) is 5.82 Å². The number of benzene rings is 1. The van der Waals surface area contributed by atoms with Gasteiger partial charge >= 0.3 is 0 Å². The van der Waals surface area contributed by atoms with E-state index < -0.39 is 0 Å². The normalized spacial score (nSPS) is 10.9. The van der Waals surface area contributed by atoms with Gasteiger partial charge in [-0.05, 0) is 30.0 Å². The number of aryl methyl sites for hydroxylation is 2. The van der Waals surface area contributed by atoms with E-state index in [1.165, 1.54) is 12.1 Å². The van der Waals surface area contributed by atoms with E-state index in [-0.39, 0.29) is 5.82 Å². The van der Waals surface area contributed by atoms with Crippen molar-refractivity contribution in [1.82, 2.24) is 9.55 Å². The second kappa shape index (κ2) is 6.36. The Bertz CT molecular complexity index is 502. The van der Waals surface area contributed by atoms with Crippen molar-refractivity contribution in [3.05, 3.63) is 48.0 Å². The molecule has 2 aromatic rings. The van der Waals surface area contributed by atoms with Crippen LogP contribution in [0, 0.1) is 11.7 Å². The van der Waals surface area contributed by atoms with Crippen LogP contribution in [0.2, 0.25) is 0 Å². The van der Waals surface area contributed by atoms with Crippen molar-refractivity contribution in [3.8, 4) is 0 Å². The molecule has 1 aromatic carbocycles. The summed E-state index contributed by atoms with van der Waals surface area (Å²) in [5.41, 5.74) is 1.13. The zero-order valence-corrected chi connectivity index (χ0v) is 11.4. The highest BCUT2D eigenvalue weighted by molar-refractivity contribution is 5.26. The minimum atomic E-state index is -0.189. The Morgan fingerprint density at radius 2 is 2.00 bits per heavy atom. The number of nitrogens with one attached hydrogen (secondary N) is 1. The van der Waals surface area contributed by atoms with Crippen LogP contribution in [-0.4, -0.2) is 16.1 Å². The lowest BCUT2D eigenvalue weighted by atomic mass is 10.1. The number of imidazole rings is 1. The predicted octanol–water partition coefficient (Wildman–Crippen LogP) is 3.33. The van der Waals surface area contributed by atoms with Crippen molar-refractivity contribution in [3.63, 3.8) is 0 Å². The molecule has 0 saturated heterocycles. The topological polar surface area (TPSA) is 29.9 Å². The molecule has 4 heteroatoms. The minimum Gasteiger partial charge on any atom is -0.355 e. The predicted molar refractivity (Wildman–Crippen MR) is 75.7 cm³/mol. The van der Waals surface area contributed by atoms with Crippen molar-refractivity contribution in [2.24, 2.45) is 5.92 Å². The molecule has 0 radical (unpaired) electrons. The first-order valence-corrected chi connectivity index (χ1v) is 6.64. The molecule has 0 aliphatic carbocycles. The number of hydrogen-bond acceptors (Lipinski definition) is 2. The van der Waals surface area contributed by atoms with Gasteiger partial charge in [-0.15, -0.1) is 0 Å². The zero-order valence-electron chi connectivity index (χ0n) is 11.4. The van der Waals surface area contributed by atoms with Gasteiger partial charge in [-0.3, -0.25) is 0 Å². The number of anilines is 1. The Morgan fingerprint density at radius 1 is 1.26 bits per heavy atom. The fourth-order valence-electron chi connectivity index (χ4n) is 1.85. The monoisotopic (exact) mass is 261 g/mol. The maximum absolute atomic E-state index is 12.8. The van der Waals surface area contributed by atoms with Crippen LogP contribution >= 0.6 is 0 Å². The summed E-state index contributed by atoms with van der Waals surface area (Å²) >= 11 is 0. The van der Waals surface area contributed by atoms with Gasteiger partial charge in [0.2, 0.25) is 5.95 Å². The summed E-state index contributed by atoms with van der Waals surface area (Å²) in [6.45, 7) is 6.08. The molecular weight excluding hydrogens is 241 g/mol. The SMILES string of the molecule is CC(C)CNc1nccn1CCc1ccc(F)cc1. The first kappa shape index (κ1) is 13.6. The molecule has 102 valence electrons. The number of aromatic nitrogens is 2. The lowest BCUT2D eigenvalue weighted by Crippen LogP contribution is -2.13. The van der Waals surface area contributed by atoms with Gasteiger partial charge in [0, 0.05) is 25.5 Å². The maximum atomic E-state index is 12.8. The highest BCUT2D eigenvalue weighted by Crippen LogP contribution is 2.09. The highest BCUT2D eigenvalue weighted by Gasteiger charge is 2.03. The molecule has 0 amide bonds. The lowest BCUT2D eigenvalue weighted by Gasteiger charge is -2.11. The third-order valence-electron chi connectivity index (χ3n) is 2.94. The molecule has 1 heterocycles. The Balaban J connectivity index is 1.92. The van der Waals surface area contributed by atoms with Crippen LogP contribution in [0.15, 0.2) is 36.7 Å². The lowest BCUT2D eigenvalue weighted by molar-refractivity contribution is 0.625. The molecule has 3 nitrogen and oxygen atoms in total. The van der Waals surface area contributed by atoms with Gasteiger partial charge in [-0.2, -0.15) is 0 Å². The molecule has 0 saturated carbocycles. The van der Waals surface area contributed by atoms with Gasteiger partial charge in [0.15, 0.2) is 0 Å². The average molecular weight is 261 g/mol. The van der Waals surface area contributed by atoms with Crippen molar-refractivity contribution in [2.75, 3.05) is 11.9 Å². The fourth-order valence-corrected chi connectivity index (χ4v) is 1.85. The summed E-state index contributed by atoms with van der Waals surface area (Å²) < 4.78 is 14.9. The Morgan fingerprint density at radius 3 is 2.68 bits per heavy atom. The van der Waals surface area contributed by atoms with E-state index in [0.29, 0.717) is 5.92 Å². The molecule has 0 bridgehead atoms. The van der Waals surface area contributed by atoms with Crippen LogP contribution in [-0.2, 0) is 13.0 Å². The second-order valence-electron chi connectivity index (χ2n) is 5.10. The Labute approximate surface area is 113 Å². The Kier molecular flexibility index (Phi) is 4.55. The van der Waals surface area contributed by atoms with Crippen molar-refractivity contribution >= 4 is 5.95 Å². The maximum Gasteiger partial charge on any atom is 0.202 e. The summed E-state index contributed by atoms with van der Waals surface area (Å²) in [6.07, 6.45) is 4.63. The van der Waals surface area contributed by atoms with Crippen molar-refractivity contribution in [1.29, 1.82) is 0 Å². The minimum absolute atomic E-state index is 0.189. The smallest absolute Gasteiger partial charge is 0.202 e. The number of nitrogens with zero attached hydrogens (tertiary/aromatic N) is 2. The molecular formula is C15H20FN3.